The maximum Gasteiger partial charge on any atom is 0.137 e. The van der Waals surface area contributed by atoms with Crippen LogP contribution in [0.25, 0.3) is 0 Å². The average Bonchev–Trinajstić information content (AvgIpc) is 2.38. The van der Waals surface area contributed by atoms with E-state index >= 15 is 0 Å². The number of aromatic nitrogens is 1. The molecule has 1 unspecified atom stereocenters. The molecule has 0 aliphatic heterocycles. The van der Waals surface area contributed by atoms with Gasteiger partial charge < -0.3 is 10.1 Å². The van der Waals surface area contributed by atoms with Crippen LogP contribution in [0.3, 0.4) is 0 Å². The Bertz CT molecular complexity index is 385. The van der Waals surface area contributed by atoms with Crippen LogP contribution in [0.5, 0.6) is 5.75 Å². The van der Waals surface area contributed by atoms with Crippen molar-refractivity contribution in [2.24, 2.45) is 5.41 Å². The molecular weight excluding hydrogens is 248 g/mol. The molecule has 0 aliphatic carbocycles. The van der Waals surface area contributed by atoms with E-state index in [-0.39, 0.29) is 5.41 Å². The Morgan fingerprint density at radius 1 is 1.25 bits per heavy atom. The molecule has 20 heavy (non-hydrogen) atoms. The zero-order valence-electron chi connectivity index (χ0n) is 13.7. The van der Waals surface area contributed by atoms with Crippen LogP contribution in [0.2, 0.25) is 0 Å². The van der Waals surface area contributed by atoms with Crippen molar-refractivity contribution in [1.29, 1.82) is 0 Å². The highest BCUT2D eigenvalue weighted by Gasteiger charge is 2.23. The Morgan fingerprint density at radius 2 is 2.00 bits per heavy atom. The first-order valence-corrected chi connectivity index (χ1v) is 7.77. The van der Waals surface area contributed by atoms with Crippen molar-refractivity contribution in [3.8, 4) is 5.75 Å². The van der Waals surface area contributed by atoms with Gasteiger partial charge in [0.1, 0.15) is 5.75 Å². The number of nitrogens with one attached hydrogen (secondary N) is 1. The van der Waals surface area contributed by atoms with Crippen molar-refractivity contribution in [2.45, 2.75) is 59.9 Å². The number of pyridine rings is 1. The van der Waals surface area contributed by atoms with Crippen LogP contribution in [0.1, 0.15) is 53.0 Å². The van der Waals surface area contributed by atoms with Crippen LogP contribution in [0.15, 0.2) is 18.5 Å². The molecule has 1 rings (SSSR count). The maximum absolute atomic E-state index is 5.51. The lowest BCUT2D eigenvalue weighted by Gasteiger charge is -2.32. The molecule has 0 bridgehead atoms. The molecule has 1 heterocycles. The van der Waals surface area contributed by atoms with Gasteiger partial charge in [-0.3, -0.25) is 4.98 Å². The summed E-state index contributed by atoms with van der Waals surface area (Å²) in [4.78, 5) is 4.26. The number of hydrogen-bond acceptors (Lipinski definition) is 3. The van der Waals surface area contributed by atoms with E-state index in [1.54, 1.807) is 6.20 Å². The monoisotopic (exact) mass is 278 g/mol. The second-order valence-electron chi connectivity index (χ2n) is 6.37. The van der Waals surface area contributed by atoms with Crippen molar-refractivity contribution < 1.29 is 4.74 Å². The summed E-state index contributed by atoms with van der Waals surface area (Å²) < 4.78 is 5.51. The Balaban J connectivity index is 2.60. The summed E-state index contributed by atoms with van der Waals surface area (Å²) in [6, 6.07) is 2.63. The highest BCUT2D eigenvalue weighted by atomic mass is 16.5. The topological polar surface area (TPSA) is 34.2 Å². The molecule has 1 aromatic heterocycles. The molecule has 1 N–H and O–H groups in total. The molecule has 0 saturated carbocycles. The van der Waals surface area contributed by atoms with E-state index in [1.165, 1.54) is 12.0 Å². The summed E-state index contributed by atoms with van der Waals surface area (Å²) in [5, 5.41) is 3.67. The van der Waals surface area contributed by atoms with E-state index in [0.717, 1.165) is 25.1 Å². The predicted octanol–water partition coefficient (Wildman–Crippen LogP) is 3.83. The molecule has 1 atom stereocenters. The lowest BCUT2D eigenvalue weighted by Crippen LogP contribution is -2.41. The molecule has 0 saturated heterocycles. The molecule has 0 fully saturated rings. The van der Waals surface area contributed by atoms with Crippen molar-refractivity contribution in [2.75, 3.05) is 13.2 Å². The zero-order valence-corrected chi connectivity index (χ0v) is 13.7. The summed E-state index contributed by atoms with van der Waals surface area (Å²) in [6.45, 7) is 12.9. The number of hydrogen-bond donors (Lipinski definition) is 1. The van der Waals surface area contributed by atoms with Crippen LogP contribution >= 0.6 is 0 Å². The van der Waals surface area contributed by atoms with Gasteiger partial charge in [0.25, 0.3) is 0 Å². The third kappa shape index (κ3) is 5.91. The molecular formula is C17H30N2O. The van der Waals surface area contributed by atoms with Gasteiger partial charge in [-0.15, -0.1) is 0 Å². The minimum atomic E-state index is 0.278. The highest BCUT2D eigenvalue weighted by Crippen LogP contribution is 2.24. The predicted molar refractivity (Wildman–Crippen MR) is 85.3 cm³/mol. The van der Waals surface area contributed by atoms with Gasteiger partial charge in [0.15, 0.2) is 0 Å². The van der Waals surface area contributed by atoms with Gasteiger partial charge in [-0.25, -0.2) is 0 Å². The third-order valence-corrected chi connectivity index (χ3v) is 3.49. The van der Waals surface area contributed by atoms with E-state index in [0.29, 0.717) is 12.6 Å². The fourth-order valence-corrected chi connectivity index (χ4v) is 2.32. The van der Waals surface area contributed by atoms with Gasteiger partial charge in [-0.2, -0.15) is 0 Å². The van der Waals surface area contributed by atoms with E-state index in [4.69, 9.17) is 4.74 Å². The van der Waals surface area contributed by atoms with Gasteiger partial charge in [0.2, 0.25) is 0 Å². The zero-order chi connectivity index (χ0) is 15.0. The largest absolute Gasteiger partial charge is 0.492 e. The van der Waals surface area contributed by atoms with Gasteiger partial charge in [-0.1, -0.05) is 27.7 Å². The summed E-state index contributed by atoms with van der Waals surface area (Å²) in [5.74, 6) is 0.874. The summed E-state index contributed by atoms with van der Waals surface area (Å²) >= 11 is 0. The molecule has 0 amide bonds. The number of rotatable bonds is 8. The minimum Gasteiger partial charge on any atom is -0.492 e. The first kappa shape index (κ1) is 17.0. The summed E-state index contributed by atoms with van der Waals surface area (Å²) in [5.41, 5.74) is 1.53. The van der Waals surface area contributed by atoms with E-state index in [2.05, 4.69) is 44.1 Å². The molecule has 3 heteroatoms. The van der Waals surface area contributed by atoms with Gasteiger partial charge in [-0.05, 0) is 49.8 Å². The van der Waals surface area contributed by atoms with Crippen LogP contribution in [0.4, 0.5) is 0 Å². The molecule has 114 valence electrons. The van der Waals surface area contributed by atoms with Crippen LogP contribution in [0, 0.1) is 5.41 Å². The Kier molecular flexibility index (Phi) is 7.00. The SMILES string of the molecule is CCCNC(CCc1cncc(OCC)c1)C(C)(C)C. The fourth-order valence-electron chi connectivity index (χ4n) is 2.32. The third-order valence-electron chi connectivity index (χ3n) is 3.49. The van der Waals surface area contributed by atoms with Crippen molar-refractivity contribution >= 4 is 0 Å². The average molecular weight is 278 g/mol. The lowest BCUT2D eigenvalue weighted by atomic mass is 9.83. The maximum atomic E-state index is 5.51. The Hall–Kier alpha value is -1.09. The van der Waals surface area contributed by atoms with Gasteiger partial charge in [0, 0.05) is 12.2 Å². The Morgan fingerprint density at radius 3 is 2.60 bits per heavy atom. The van der Waals surface area contributed by atoms with Crippen LogP contribution in [-0.4, -0.2) is 24.2 Å². The number of nitrogens with zero attached hydrogens (tertiary/aromatic N) is 1. The normalized spacial score (nSPS) is 13.2. The quantitative estimate of drug-likeness (QED) is 0.785. The van der Waals surface area contributed by atoms with Crippen molar-refractivity contribution in [3.05, 3.63) is 24.0 Å². The smallest absolute Gasteiger partial charge is 0.137 e. The molecule has 0 spiro atoms. The first-order valence-electron chi connectivity index (χ1n) is 7.77. The Labute approximate surface area is 124 Å². The fraction of sp³-hybridized carbons (Fsp3) is 0.706. The summed E-state index contributed by atoms with van der Waals surface area (Å²) in [6.07, 6.45) is 7.06. The highest BCUT2D eigenvalue weighted by molar-refractivity contribution is 5.23. The van der Waals surface area contributed by atoms with Crippen molar-refractivity contribution in [3.63, 3.8) is 0 Å². The van der Waals surface area contributed by atoms with E-state index < -0.39 is 0 Å². The second-order valence-corrected chi connectivity index (χ2v) is 6.37. The van der Waals surface area contributed by atoms with Gasteiger partial charge >= 0.3 is 0 Å². The second kappa shape index (κ2) is 8.25. The molecule has 0 aliphatic rings. The number of ether oxygens (including phenoxy) is 1. The molecule has 3 nitrogen and oxygen atoms in total. The van der Waals surface area contributed by atoms with Crippen molar-refractivity contribution in [1.82, 2.24) is 10.3 Å². The van der Waals surface area contributed by atoms with E-state index in [1.807, 2.05) is 13.1 Å². The van der Waals surface area contributed by atoms with Gasteiger partial charge in [0.05, 0.1) is 12.8 Å². The molecule has 1 aromatic rings. The standard InChI is InChI=1S/C17H30N2O/c1-6-10-19-16(17(3,4)5)9-8-14-11-15(20-7-2)13-18-12-14/h11-13,16,19H,6-10H2,1-5H3. The first-order chi connectivity index (χ1) is 9.47. The lowest BCUT2D eigenvalue weighted by molar-refractivity contribution is 0.255. The molecule has 0 aromatic carbocycles. The number of aryl methyl sites for hydroxylation is 1. The molecule has 0 radical (unpaired) electrons. The van der Waals surface area contributed by atoms with Crippen LogP contribution < -0.4 is 10.1 Å². The van der Waals surface area contributed by atoms with E-state index in [9.17, 15) is 0 Å². The van der Waals surface area contributed by atoms with Crippen LogP contribution in [-0.2, 0) is 6.42 Å². The summed E-state index contributed by atoms with van der Waals surface area (Å²) in [7, 11) is 0. The minimum absolute atomic E-state index is 0.278.